The number of imidazole rings is 1. The molecule has 0 aliphatic rings. The summed E-state index contributed by atoms with van der Waals surface area (Å²) in [4.78, 5) is 16.7. The van der Waals surface area contributed by atoms with E-state index in [4.69, 9.17) is 9.72 Å². The number of methoxy groups -OCH3 is 1. The summed E-state index contributed by atoms with van der Waals surface area (Å²) in [6.45, 7) is 6.03. The predicted octanol–water partition coefficient (Wildman–Crippen LogP) is 5.13. The van der Waals surface area contributed by atoms with Crippen molar-refractivity contribution >= 4 is 34.2 Å². The smallest absolute Gasteiger partial charge is 0.305 e. The van der Waals surface area contributed by atoms with E-state index in [9.17, 15) is 10.1 Å². The number of nitrogens with one attached hydrogen (secondary N) is 1. The molecule has 0 bridgehead atoms. The van der Waals surface area contributed by atoms with Gasteiger partial charge in [-0.15, -0.1) is 0 Å². The molecule has 0 aliphatic carbocycles. The van der Waals surface area contributed by atoms with E-state index in [1.165, 1.54) is 7.11 Å². The number of aryl methyl sites for hydroxylation is 2. The molecule has 2 heterocycles. The molecule has 1 N–H and O–H groups in total. The molecular weight excluding hydrogens is 388 g/mol. The van der Waals surface area contributed by atoms with Crippen LogP contribution in [0.4, 0.5) is 11.5 Å². The van der Waals surface area contributed by atoms with Crippen molar-refractivity contribution in [1.29, 1.82) is 5.26 Å². The second-order valence-electron chi connectivity index (χ2n) is 7.78. The number of anilines is 2. The average molecular weight is 412 g/mol. The summed E-state index contributed by atoms with van der Waals surface area (Å²) in [6, 6.07) is 16.4. The van der Waals surface area contributed by atoms with Crippen LogP contribution >= 0.6 is 0 Å². The number of benzene rings is 2. The van der Waals surface area contributed by atoms with Crippen molar-refractivity contribution in [3.05, 3.63) is 70.3 Å². The third kappa shape index (κ3) is 3.71. The van der Waals surface area contributed by atoms with Crippen LogP contribution in [-0.2, 0) is 16.0 Å². The second kappa shape index (κ2) is 8.11. The van der Waals surface area contributed by atoms with Gasteiger partial charge in [0, 0.05) is 12.1 Å². The number of nitrogens with zero attached hydrogens (tertiary/aromatic N) is 3. The van der Waals surface area contributed by atoms with Crippen molar-refractivity contribution in [3.8, 4) is 6.07 Å². The molecule has 0 fully saturated rings. The molecular formula is C25H24N4O2. The van der Waals surface area contributed by atoms with Gasteiger partial charge in [-0.1, -0.05) is 18.2 Å². The number of hydrogen-bond acceptors (Lipinski definition) is 5. The standard InChI is InChI=1S/C25H24N4O2/c1-15-11-16(2)13-18(12-15)27-24-19(9-10-23(30)31-4)17(3)20(14-26)25-28-21-7-5-6-8-22(21)29(24)25/h5-8,11-13,27H,9-10H2,1-4H3. The molecule has 4 rings (SSSR count). The number of para-hydroxylation sites is 2. The van der Waals surface area contributed by atoms with Crippen molar-refractivity contribution in [1.82, 2.24) is 9.38 Å². The molecule has 0 radical (unpaired) electrons. The van der Waals surface area contributed by atoms with Gasteiger partial charge >= 0.3 is 5.97 Å². The lowest BCUT2D eigenvalue weighted by molar-refractivity contribution is -0.140. The van der Waals surface area contributed by atoms with E-state index in [0.717, 1.165) is 44.8 Å². The minimum Gasteiger partial charge on any atom is -0.469 e. The van der Waals surface area contributed by atoms with Gasteiger partial charge in [0.1, 0.15) is 11.9 Å². The van der Waals surface area contributed by atoms with Crippen LogP contribution in [0.3, 0.4) is 0 Å². The first kappa shape index (κ1) is 20.4. The van der Waals surface area contributed by atoms with Crippen molar-refractivity contribution in [2.75, 3.05) is 12.4 Å². The quantitative estimate of drug-likeness (QED) is 0.460. The second-order valence-corrected chi connectivity index (χ2v) is 7.78. The molecule has 6 heteroatoms. The summed E-state index contributed by atoms with van der Waals surface area (Å²) in [5.41, 5.74) is 7.80. The molecule has 31 heavy (non-hydrogen) atoms. The van der Waals surface area contributed by atoms with Crippen LogP contribution in [0.1, 0.15) is 34.2 Å². The highest BCUT2D eigenvalue weighted by atomic mass is 16.5. The number of pyridine rings is 1. The number of aromatic nitrogens is 2. The lowest BCUT2D eigenvalue weighted by Crippen LogP contribution is -2.11. The normalized spacial score (nSPS) is 10.9. The third-order valence-corrected chi connectivity index (χ3v) is 5.52. The van der Waals surface area contributed by atoms with Gasteiger partial charge in [0.25, 0.3) is 0 Å². The van der Waals surface area contributed by atoms with Gasteiger partial charge < -0.3 is 10.1 Å². The minimum absolute atomic E-state index is 0.224. The molecule has 4 aromatic rings. The van der Waals surface area contributed by atoms with E-state index < -0.39 is 0 Å². The Morgan fingerprint density at radius 3 is 2.55 bits per heavy atom. The van der Waals surface area contributed by atoms with E-state index in [2.05, 4.69) is 43.4 Å². The van der Waals surface area contributed by atoms with E-state index in [1.54, 1.807) is 0 Å². The van der Waals surface area contributed by atoms with E-state index >= 15 is 0 Å². The van der Waals surface area contributed by atoms with Gasteiger partial charge in [-0.25, -0.2) is 4.98 Å². The van der Waals surface area contributed by atoms with Crippen LogP contribution in [0.2, 0.25) is 0 Å². The van der Waals surface area contributed by atoms with E-state index in [1.807, 2.05) is 35.6 Å². The molecule has 0 spiro atoms. The molecule has 0 saturated carbocycles. The van der Waals surface area contributed by atoms with E-state index in [-0.39, 0.29) is 12.4 Å². The Hall–Kier alpha value is -3.85. The first-order valence-corrected chi connectivity index (χ1v) is 10.2. The number of fused-ring (bicyclic) bond motifs is 3. The Morgan fingerprint density at radius 1 is 1.16 bits per heavy atom. The summed E-state index contributed by atoms with van der Waals surface area (Å²) in [6.07, 6.45) is 0.671. The molecule has 0 saturated heterocycles. The number of nitriles is 1. The summed E-state index contributed by atoms with van der Waals surface area (Å²) in [5, 5.41) is 13.5. The highest BCUT2D eigenvalue weighted by Gasteiger charge is 2.21. The van der Waals surface area contributed by atoms with Crippen LogP contribution in [0.5, 0.6) is 0 Å². The Morgan fingerprint density at radius 2 is 1.87 bits per heavy atom. The Kier molecular flexibility index (Phi) is 5.35. The zero-order valence-corrected chi connectivity index (χ0v) is 18.1. The highest BCUT2D eigenvalue weighted by Crippen LogP contribution is 2.34. The maximum atomic E-state index is 11.9. The molecule has 156 valence electrons. The molecule has 0 unspecified atom stereocenters. The predicted molar refractivity (Wildman–Crippen MR) is 122 cm³/mol. The maximum absolute atomic E-state index is 11.9. The Labute approximate surface area is 181 Å². The SMILES string of the molecule is COC(=O)CCc1c(C)c(C#N)c2nc3ccccc3n2c1Nc1cc(C)cc(C)c1. The summed E-state index contributed by atoms with van der Waals surface area (Å²) in [7, 11) is 1.39. The lowest BCUT2D eigenvalue weighted by Gasteiger charge is -2.19. The van der Waals surface area contributed by atoms with E-state index in [0.29, 0.717) is 17.6 Å². The number of carbonyl (C=O) groups is 1. The Balaban J connectivity index is 2.03. The van der Waals surface area contributed by atoms with Crippen LogP contribution in [-0.4, -0.2) is 22.5 Å². The van der Waals surface area contributed by atoms with Crippen LogP contribution in [0.25, 0.3) is 16.7 Å². The Bertz CT molecular complexity index is 1340. The fraction of sp³-hybridized carbons (Fsp3) is 0.240. The lowest BCUT2D eigenvalue weighted by atomic mass is 10.00. The molecule has 2 aromatic heterocycles. The fourth-order valence-electron chi connectivity index (χ4n) is 4.13. The molecule has 6 nitrogen and oxygen atoms in total. The van der Waals surface area contributed by atoms with Crippen LogP contribution in [0.15, 0.2) is 42.5 Å². The number of rotatable bonds is 5. The first-order valence-electron chi connectivity index (χ1n) is 10.2. The third-order valence-electron chi connectivity index (χ3n) is 5.52. The van der Waals surface area contributed by atoms with Crippen molar-refractivity contribution in [3.63, 3.8) is 0 Å². The molecule has 2 aromatic carbocycles. The van der Waals surface area contributed by atoms with Gasteiger partial charge in [-0.2, -0.15) is 5.26 Å². The highest BCUT2D eigenvalue weighted by molar-refractivity contribution is 5.87. The average Bonchev–Trinajstić information content (AvgIpc) is 3.11. The van der Waals surface area contributed by atoms with Crippen molar-refractivity contribution < 1.29 is 9.53 Å². The van der Waals surface area contributed by atoms with Crippen LogP contribution < -0.4 is 5.32 Å². The van der Waals surface area contributed by atoms with Crippen LogP contribution in [0, 0.1) is 32.1 Å². The fourth-order valence-corrected chi connectivity index (χ4v) is 4.13. The molecule has 0 aliphatic heterocycles. The first-order chi connectivity index (χ1) is 14.9. The number of hydrogen-bond donors (Lipinski definition) is 1. The monoisotopic (exact) mass is 412 g/mol. The van der Waals surface area contributed by atoms with Gasteiger partial charge in [0.2, 0.25) is 0 Å². The zero-order valence-electron chi connectivity index (χ0n) is 18.1. The van der Waals surface area contributed by atoms with Gasteiger partial charge in [0.05, 0.1) is 23.7 Å². The van der Waals surface area contributed by atoms with Crippen molar-refractivity contribution in [2.24, 2.45) is 0 Å². The maximum Gasteiger partial charge on any atom is 0.305 e. The summed E-state index contributed by atoms with van der Waals surface area (Å²) < 4.78 is 6.85. The van der Waals surface area contributed by atoms with Gasteiger partial charge in [-0.3, -0.25) is 9.20 Å². The number of esters is 1. The van der Waals surface area contributed by atoms with Gasteiger partial charge in [0.15, 0.2) is 5.65 Å². The molecule has 0 amide bonds. The summed E-state index contributed by atoms with van der Waals surface area (Å²) in [5.74, 6) is 0.528. The largest absolute Gasteiger partial charge is 0.469 e. The molecule has 0 atom stereocenters. The number of carbonyl (C=O) groups excluding carboxylic acids is 1. The summed E-state index contributed by atoms with van der Waals surface area (Å²) >= 11 is 0. The van der Waals surface area contributed by atoms with Gasteiger partial charge in [-0.05, 0) is 73.7 Å². The number of ether oxygens (including phenoxy) is 1. The van der Waals surface area contributed by atoms with Crippen molar-refractivity contribution in [2.45, 2.75) is 33.6 Å². The minimum atomic E-state index is -0.286. The zero-order chi connectivity index (χ0) is 22.1. The topological polar surface area (TPSA) is 79.4 Å².